The van der Waals surface area contributed by atoms with Crippen molar-refractivity contribution < 1.29 is 28.7 Å². The fourth-order valence-electron chi connectivity index (χ4n) is 4.03. The molecule has 1 N–H and O–H groups in total. The standard InChI is InChI=1S/C29H28ClNO6/c1-3-36-27(34)29(28(35)37-4-2,31-26(33)22-13-9-6-10-14-22)24(20-15-17-23(30)18-16-20)19-25(32)21-11-7-5-8-12-21/h5-18,24H,3-4,19H2,1-2H3,(H,31,33). The Hall–Kier alpha value is -3.97. The van der Waals surface area contributed by atoms with Gasteiger partial charge in [0, 0.05) is 28.5 Å². The number of hydrogen-bond donors (Lipinski definition) is 1. The van der Waals surface area contributed by atoms with Gasteiger partial charge in [-0.05, 0) is 43.7 Å². The van der Waals surface area contributed by atoms with Crippen molar-refractivity contribution in [3.8, 4) is 0 Å². The topological polar surface area (TPSA) is 98.8 Å². The lowest BCUT2D eigenvalue weighted by Gasteiger charge is -2.37. The monoisotopic (exact) mass is 521 g/mol. The molecule has 37 heavy (non-hydrogen) atoms. The summed E-state index contributed by atoms with van der Waals surface area (Å²) in [5, 5.41) is 3.03. The highest BCUT2D eigenvalue weighted by Crippen LogP contribution is 2.36. The van der Waals surface area contributed by atoms with Gasteiger partial charge in [-0.25, -0.2) is 9.59 Å². The van der Waals surface area contributed by atoms with E-state index in [9.17, 15) is 19.2 Å². The fraction of sp³-hybridized carbons (Fsp3) is 0.241. The predicted octanol–water partition coefficient (Wildman–Crippen LogP) is 4.99. The van der Waals surface area contributed by atoms with Crippen LogP contribution in [0.5, 0.6) is 0 Å². The maximum absolute atomic E-state index is 13.7. The summed E-state index contributed by atoms with van der Waals surface area (Å²) in [7, 11) is 0. The molecule has 0 aliphatic rings. The Morgan fingerprint density at radius 2 is 1.24 bits per heavy atom. The zero-order valence-electron chi connectivity index (χ0n) is 20.6. The maximum Gasteiger partial charge on any atom is 0.344 e. The fourth-order valence-corrected chi connectivity index (χ4v) is 4.16. The second kappa shape index (κ2) is 12.8. The Balaban J connectivity index is 2.23. The number of hydrogen-bond acceptors (Lipinski definition) is 6. The first-order chi connectivity index (χ1) is 17.8. The van der Waals surface area contributed by atoms with Crippen molar-refractivity contribution in [2.24, 2.45) is 0 Å². The van der Waals surface area contributed by atoms with Crippen LogP contribution in [0.1, 0.15) is 52.5 Å². The number of carbonyl (C=O) groups is 4. The molecule has 192 valence electrons. The molecule has 0 aliphatic heterocycles. The number of benzene rings is 3. The van der Waals surface area contributed by atoms with Gasteiger partial charge < -0.3 is 14.8 Å². The van der Waals surface area contributed by atoms with Gasteiger partial charge in [-0.3, -0.25) is 9.59 Å². The number of amides is 1. The molecule has 0 radical (unpaired) electrons. The first-order valence-corrected chi connectivity index (χ1v) is 12.3. The molecule has 7 nitrogen and oxygen atoms in total. The van der Waals surface area contributed by atoms with E-state index in [-0.39, 0.29) is 31.0 Å². The van der Waals surface area contributed by atoms with E-state index in [0.29, 0.717) is 16.1 Å². The molecule has 3 aromatic carbocycles. The van der Waals surface area contributed by atoms with E-state index in [1.807, 2.05) is 0 Å². The normalized spacial score (nSPS) is 11.8. The summed E-state index contributed by atoms with van der Waals surface area (Å²) in [5.41, 5.74) is -1.35. The van der Waals surface area contributed by atoms with E-state index < -0.39 is 29.3 Å². The molecule has 3 aromatic rings. The van der Waals surface area contributed by atoms with Crippen LogP contribution in [0.25, 0.3) is 0 Å². The van der Waals surface area contributed by atoms with E-state index >= 15 is 0 Å². The summed E-state index contributed by atoms with van der Waals surface area (Å²) in [4.78, 5) is 54.2. The summed E-state index contributed by atoms with van der Waals surface area (Å²) in [6.07, 6.45) is -0.307. The smallest absolute Gasteiger partial charge is 0.344 e. The van der Waals surface area contributed by atoms with Gasteiger partial charge >= 0.3 is 11.9 Å². The number of ketones is 1. The Labute approximate surface area is 220 Å². The highest BCUT2D eigenvalue weighted by Gasteiger charge is 2.57. The van der Waals surface area contributed by atoms with Crippen LogP contribution < -0.4 is 5.32 Å². The molecule has 1 atom stereocenters. The minimum atomic E-state index is -2.36. The third-order valence-electron chi connectivity index (χ3n) is 5.82. The highest BCUT2D eigenvalue weighted by molar-refractivity contribution is 6.30. The van der Waals surface area contributed by atoms with Crippen molar-refractivity contribution in [1.82, 2.24) is 5.32 Å². The highest BCUT2D eigenvalue weighted by atomic mass is 35.5. The van der Waals surface area contributed by atoms with Gasteiger partial charge in [-0.2, -0.15) is 0 Å². The molecule has 1 unspecified atom stereocenters. The lowest BCUT2D eigenvalue weighted by molar-refractivity contribution is -0.167. The average molecular weight is 522 g/mol. The van der Waals surface area contributed by atoms with Crippen LogP contribution in [-0.2, 0) is 19.1 Å². The summed E-state index contributed by atoms with van der Waals surface area (Å²) in [6.45, 7) is 3.03. The summed E-state index contributed by atoms with van der Waals surface area (Å²) in [5.74, 6) is -4.28. The Kier molecular flexibility index (Phi) is 9.57. The van der Waals surface area contributed by atoms with Crippen LogP contribution >= 0.6 is 11.6 Å². The van der Waals surface area contributed by atoms with E-state index in [1.165, 1.54) is 0 Å². The summed E-state index contributed by atoms with van der Waals surface area (Å²) in [6, 6.07) is 23.0. The number of ether oxygens (including phenoxy) is 2. The maximum atomic E-state index is 13.7. The molecule has 1 amide bonds. The number of halogens is 1. The van der Waals surface area contributed by atoms with Gasteiger partial charge in [-0.1, -0.05) is 72.3 Å². The number of carbonyl (C=O) groups excluding carboxylic acids is 4. The molecule has 0 heterocycles. The van der Waals surface area contributed by atoms with Gasteiger partial charge in [0.15, 0.2) is 5.78 Å². The number of rotatable bonds is 11. The van der Waals surface area contributed by atoms with Crippen LogP contribution in [0.2, 0.25) is 5.02 Å². The van der Waals surface area contributed by atoms with E-state index in [0.717, 1.165) is 0 Å². The van der Waals surface area contributed by atoms with Crippen molar-refractivity contribution in [3.63, 3.8) is 0 Å². The molecule has 0 spiro atoms. The number of Topliss-reactive ketones (excluding diaryl/α,β-unsaturated/α-hetero) is 1. The van der Waals surface area contributed by atoms with Gasteiger partial charge in [0.1, 0.15) is 0 Å². The lowest BCUT2D eigenvalue weighted by atomic mass is 9.75. The van der Waals surface area contributed by atoms with Crippen molar-refractivity contribution in [2.45, 2.75) is 31.7 Å². The van der Waals surface area contributed by atoms with Crippen molar-refractivity contribution >= 4 is 35.2 Å². The molecule has 0 fully saturated rings. The summed E-state index contributed by atoms with van der Waals surface area (Å²) < 4.78 is 10.7. The third-order valence-corrected chi connectivity index (χ3v) is 6.07. The molecule has 0 aliphatic carbocycles. The molecule has 0 aromatic heterocycles. The third kappa shape index (κ3) is 6.43. The van der Waals surface area contributed by atoms with Gasteiger partial charge in [-0.15, -0.1) is 0 Å². The van der Waals surface area contributed by atoms with E-state index in [1.54, 1.807) is 98.8 Å². The first-order valence-electron chi connectivity index (χ1n) is 11.9. The van der Waals surface area contributed by atoms with Crippen LogP contribution in [0.4, 0.5) is 0 Å². The van der Waals surface area contributed by atoms with Gasteiger partial charge in [0.2, 0.25) is 5.54 Å². The van der Waals surface area contributed by atoms with Crippen molar-refractivity contribution in [1.29, 1.82) is 0 Å². The molecule has 0 bridgehead atoms. The second-order valence-electron chi connectivity index (χ2n) is 8.17. The SMILES string of the molecule is CCOC(=O)C(NC(=O)c1ccccc1)(C(=O)OCC)C(CC(=O)c1ccccc1)c1ccc(Cl)cc1. The minimum Gasteiger partial charge on any atom is -0.464 e. The minimum absolute atomic E-state index is 0.0683. The zero-order chi connectivity index (χ0) is 26.8. The lowest BCUT2D eigenvalue weighted by Crippen LogP contribution is -2.65. The molecule has 8 heteroatoms. The van der Waals surface area contributed by atoms with Crippen molar-refractivity contribution in [3.05, 3.63) is 107 Å². The molecular weight excluding hydrogens is 494 g/mol. The van der Waals surface area contributed by atoms with Crippen LogP contribution in [-0.4, -0.2) is 42.4 Å². The van der Waals surface area contributed by atoms with Crippen molar-refractivity contribution in [2.75, 3.05) is 13.2 Å². The van der Waals surface area contributed by atoms with Crippen LogP contribution in [0.3, 0.4) is 0 Å². The van der Waals surface area contributed by atoms with Crippen LogP contribution in [0.15, 0.2) is 84.9 Å². The molecular formula is C29H28ClNO6. The number of esters is 2. The quantitative estimate of drug-likeness (QED) is 0.217. The molecule has 0 saturated carbocycles. The average Bonchev–Trinajstić information content (AvgIpc) is 2.92. The van der Waals surface area contributed by atoms with Gasteiger partial charge in [0.25, 0.3) is 5.91 Å². The molecule has 0 saturated heterocycles. The first kappa shape index (κ1) is 27.6. The summed E-state index contributed by atoms with van der Waals surface area (Å²) >= 11 is 6.10. The van der Waals surface area contributed by atoms with Gasteiger partial charge in [0.05, 0.1) is 13.2 Å². The number of nitrogens with one attached hydrogen (secondary N) is 1. The van der Waals surface area contributed by atoms with E-state index in [2.05, 4.69) is 5.32 Å². The zero-order valence-corrected chi connectivity index (χ0v) is 21.4. The Morgan fingerprint density at radius 3 is 1.73 bits per heavy atom. The Bertz CT molecular complexity index is 1210. The van der Waals surface area contributed by atoms with Crippen LogP contribution in [0, 0.1) is 0 Å². The van der Waals surface area contributed by atoms with E-state index in [4.69, 9.17) is 21.1 Å². The molecule has 3 rings (SSSR count). The predicted molar refractivity (Wildman–Crippen MR) is 139 cm³/mol. The largest absolute Gasteiger partial charge is 0.464 e. The Morgan fingerprint density at radius 1 is 0.757 bits per heavy atom. The second-order valence-corrected chi connectivity index (χ2v) is 8.60.